The van der Waals surface area contributed by atoms with Gasteiger partial charge in [-0.15, -0.1) is 0 Å². The minimum atomic E-state index is -4.57. The molecule has 0 amide bonds. The van der Waals surface area contributed by atoms with Crippen LogP contribution in [0.15, 0.2) is 54.6 Å². The highest BCUT2D eigenvalue weighted by molar-refractivity contribution is 7.87. The lowest BCUT2D eigenvalue weighted by Crippen LogP contribution is -2.52. The van der Waals surface area contributed by atoms with Gasteiger partial charge in [-0.2, -0.15) is 30.6 Å². The van der Waals surface area contributed by atoms with Crippen molar-refractivity contribution in [1.29, 1.82) is 0 Å². The molecule has 2 aliphatic carbocycles. The number of alkyl halides is 3. The number of nitrogens with one attached hydrogen (secondary N) is 1. The topological polar surface area (TPSA) is 52.7 Å². The number of nitrogens with zero attached hydrogens (tertiary/aromatic N) is 2. The molecule has 2 saturated heterocycles. The van der Waals surface area contributed by atoms with Gasteiger partial charge in [0.2, 0.25) is 0 Å². The highest BCUT2D eigenvalue weighted by atomic mass is 32.2. The molecule has 39 heavy (non-hydrogen) atoms. The fraction of sp³-hybridized carbons (Fsp3) is 0.533. The number of benzene rings is 2. The molecule has 6 rings (SSSR count). The molecule has 9 heteroatoms. The smallest absolute Gasteiger partial charge is 0.293 e. The van der Waals surface area contributed by atoms with E-state index in [4.69, 9.17) is 0 Å². The second-order valence-corrected chi connectivity index (χ2v) is 13.5. The molecule has 2 aliphatic heterocycles. The number of likely N-dealkylation sites (tertiary alicyclic amines) is 1. The average Bonchev–Trinajstić information content (AvgIpc) is 3.27. The Hall–Kier alpha value is -2.20. The number of hydrogen-bond acceptors (Lipinski definition) is 3. The molecule has 1 saturated carbocycles. The SMILES string of the molecule is O=S1(=O)N[C@@]2(CN1CC(F)(F)F)[C@@H]1CC[C@H]2Cc2ccc(/C=C/C3CCCCN3Cc3ccccc3)cc2C1. The third-order valence-corrected chi connectivity index (χ3v) is 10.9. The first-order valence-corrected chi connectivity index (χ1v) is 15.5. The van der Waals surface area contributed by atoms with Gasteiger partial charge in [0, 0.05) is 19.1 Å². The molecule has 0 aromatic heterocycles. The van der Waals surface area contributed by atoms with Crippen LogP contribution in [0.5, 0.6) is 0 Å². The lowest BCUT2D eigenvalue weighted by Gasteiger charge is -2.34. The quantitative estimate of drug-likeness (QED) is 0.539. The van der Waals surface area contributed by atoms with Crippen molar-refractivity contribution < 1.29 is 21.6 Å². The molecule has 5 nitrogen and oxygen atoms in total. The van der Waals surface area contributed by atoms with Crippen LogP contribution < -0.4 is 4.72 Å². The van der Waals surface area contributed by atoms with Crippen LogP contribution in [-0.2, 0) is 29.6 Å². The molecular weight excluding hydrogens is 523 g/mol. The molecule has 2 bridgehead atoms. The summed E-state index contributed by atoms with van der Waals surface area (Å²) in [5.41, 5.74) is 4.00. The second-order valence-electron chi connectivity index (χ2n) is 11.8. The van der Waals surface area contributed by atoms with Gasteiger partial charge in [-0.05, 0) is 79.2 Å². The minimum Gasteiger partial charge on any atom is -0.293 e. The van der Waals surface area contributed by atoms with Gasteiger partial charge >= 0.3 is 6.18 Å². The van der Waals surface area contributed by atoms with Crippen LogP contribution in [0.4, 0.5) is 13.2 Å². The molecule has 4 atom stereocenters. The zero-order valence-electron chi connectivity index (χ0n) is 22.0. The van der Waals surface area contributed by atoms with Gasteiger partial charge in [0.05, 0.1) is 5.54 Å². The lowest BCUT2D eigenvalue weighted by molar-refractivity contribution is -0.136. The molecule has 4 aliphatic rings. The number of fused-ring (bicyclic) bond motifs is 1. The summed E-state index contributed by atoms with van der Waals surface area (Å²) in [6, 6.07) is 17.4. The van der Waals surface area contributed by atoms with E-state index in [1.54, 1.807) is 0 Å². The van der Waals surface area contributed by atoms with E-state index in [1.165, 1.54) is 29.5 Å². The monoisotopic (exact) mass is 559 g/mol. The Balaban J connectivity index is 1.20. The predicted octanol–water partition coefficient (Wildman–Crippen LogP) is 5.33. The van der Waals surface area contributed by atoms with Gasteiger partial charge in [0.15, 0.2) is 0 Å². The van der Waals surface area contributed by atoms with Crippen molar-refractivity contribution in [3.8, 4) is 0 Å². The predicted molar refractivity (Wildman–Crippen MR) is 146 cm³/mol. The summed E-state index contributed by atoms with van der Waals surface area (Å²) in [4.78, 5) is 2.54. The third kappa shape index (κ3) is 5.56. The van der Waals surface area contributed by atoms with Crippen LogP contribution in [0.25, 0.3) is 6.08 Å². The third-order valence-electron chi connectivity index (χ3n) is 9.34. The summed E-state index contributed by atoms with van der Waals surface area (Å²) in [5.74, 6) is -0.0253. The number of piperidine rings is 1. The van der Waals surface area contributed by atoms with Crippen LogP contribution in [0.3, 0.4) is 0 Å². The Morgan fingerprint density at radius 2 is 1.72 bits per heavy atom. The fourth-order valence-corrected chi connectivity index (χ4v) is 9.15. The van der Waals surface area contributed by atoms with Crippen molar-refractivity contribution in [2.24, 2.45) is 11.8 Å². The molecule has 1 unspecified atom stereocenters. The van der Waals surface area contributed by atoms with Crippen molar-refractivity contribution in [2.45, 2.75) is 69.2 Å². The maximum atomic E-state index is 13.2. The van der Waals surface area contributed by atoms with Crippen LogP contribution in [0.1, 0.15) is 54.4 Å². The summed E-state index contributed by atoms with van der Waals surface area (Å²) in [7, 11) is -4.17. The molecule has 3 fully saturated rings. The molecule has 0 radical (unpaired) electrons. The summed E-state index contributed by atoms with van der Waals surface area (Å²) < 4.78 is 68.3. The normalized spacial score (nSPS) is 31.1. The van der Waals surface area contributed by atoms with E-state index in [0.29, 0.717) is 23.2 Å². The summed E-state index contributed by atoms with van der Waals surface area (Å²) >= 11 is 0. The van der Waals surface area contributed by atoms with E-state index in [2.05, 4.69) is 64.2 Å². The second kappa shape index (κ2) is 10.3. The van der Waals surface area contributed by atoms with Gasteiger partial charge in [-0.25, -0.2) is 0 Å². The van der Waals surface area contributed by atoms with Crippen molar-refractivity contribution in [3.63, 3.8) is 0 Å². The highest BCUT2D eigenvalue weighted by Crippen LogP contribution is 2.50. The standard InChI is InChI=1S/C30H36F3N3O2S/c31-30(32,33)21-36-20-29(34-39(36,37)38)26-12-13-27(29)18-25-16-22(9-11-24(25)17-26)10-14-28-8-4-5-15-35(28)19-23-6-2-1-3-7-23/h1-3,6-7,9-11,14,16,26-28,34H,4-5,8,12-13,15,17-21H2/b14-10+/t26-,27+,28?,29+/m0/s1. The van der Waals surface area contributed by atoms with Gasteiger partial charge in [0.25, 0.3) is 10.2 Å². The first-order valence-electron chi connectivity index (χ1n) is 14.1. The molecule has 2 aromatic rings. The highest BCUT2D eigenvalue weighted by Gasteiger charge is 2.60. The van der Waals surface area contributed by atoms with E-state index in [-0.39, 0.29) is 18.4 Å². The molecule has 210 valence electrons. The van der Waals surface area contributed by atoms with Crippen molar-refractivity contribution in [3.05, 3.63) is 76.9 Å². The number of halogens is 3. The van der Waals surface area contributed by atoms with Crippen molar-refractivity contribution in [1.82, 2.24) is 13.9 Å². The van der Waals surface area contributed by atoms with Crippen LogP contribution in [0, 0.1) is 11.8 Å². The van der Waals surface area contributed by atoms with E-state index < -0.39 is 28.5 Å². The molecule has 1 spiro atoms. The molecular formula is C30H36F3N3O2S. The van der Waals surface area contributed by atoms with E-state index >= 15 is 0 Å². The largest absolute Gasteiger partial charge is 0.402 e. The summed E-state index contributed by atoms with van der Waals surface area (Å²) in [6.07, 6.45) is 6.53. The Labute approximate surface area is 229 Å². The Morgan fingerprint density at radius 3 is 2.46 bits per heavy atom. The summed E-state index contributed by atoms with van der Waals surface area (Å²) in [5, 5.41) is 0. The van der Waals surface area contributed by atoms with Crippen molar-refractivity contribution in [2.75, 3.05) is 19.6 Å². The summed E-state index contributed by atoms with van der Waals surface area (Å²) in [6.45, 7) is 0.477. The Kier molecular flexibility index (Phi) is 7.15. The Bertz CT molecular complexity index is 1330. The molecule has 2 heterocycles. The number of hydrogen-bond donors (Lipinski definition) is 1. The number of rotatable bonds is 5. The first-order chi connectivity index (χ1) is 18.6. The molecule has 1 N–H and O–H groups in total. The van der Waals surface area contributed by atoms with Crippen LogP contribution >= 0.6 is 0 Å². The van der Waals surface area contributed by atoms with Gasteiger partial charge in [-0.3, -0.25) is 4.90 Å². The minimum absolute atomic E-state index is 0.00747. The van der Waals surface area contributed by atoms with Crippen LogP contribution in [0.2, 0.25) is 0 Å². The van der Waals surface area contributed by atoms with E-state index in [1.807, 2.05) is 6.07 Å². The zero-order chi connectivity index (χ0) is 27.3. The van der Waals surface area contributed by atoms with E-state index in [9.17, 15) is 21.6 Å². The van der Waals surface area contributed by atoms with Crippen molar-refractivity contribution >= 4 is 16.3 Å². The first kappa shape index (κ1) is 27.0. The van der Waals surface area contributed by atoms with Crippen LogP contribution in [-0.4, -0.2) is 55.0 Å². The Morgan fingerprint density at radius 1 is 0.974 bits per heavy atom. The lowest BCUT2D eigenvalue weighted by atomic mass is 9.79. The van der Waals surface area contributed by atoms with Gasteiger partial charge < -0.3 is 0 Å². The maximum Gasteiger partial charge on any atom is 0.402 e. The zero-order valence-corrected chi connectivity index (χ0v) is 22.9. The van der Waals surface area contributed by atoms with E-state index in [0.717, 1.165) is 37.9 Å². The fourth-order valence-electron chi connectivity index (χ4n) is 7.44. The average molecular weight is 560 g/mol. The van der Waals surface area contributed by atoms with Gasteiger partial charge in [-0.1, -0.05) is 67.1 Å². The van der Waals surface area contributed by atoms with Gasteiger partial charge in [0.1, 0.15) is 6.54 Å². The molecule has 2 aromatic carbocycles. The maximum absolute atomic E-state index is 13.2.